The van der Waals surface area contributed by atoms with Gasteiger partial charge in [0.15, 0.2) is 0 Å². The molecule has 26 heavy (non-hydrogen) atoms. The van der Waals surface area contributed by atoms with E-state index in [1.165, 1.54) is 5.56 Å². The molecule has 1 heterocycles. The topological polar surface area (TPSA) is 67.0 Å². The molecular formula is C20H20ClN3O2. The second kappa shape index (κ2) is 8.06. The smallest absolute Gasteiger partial charge is 0.255 e. The Hall–Kier alpha value is -2.79. The predicted molar refractivity (Wildman–Crippen MR) is 103 cm³/mol. The van der Waals surface area contributed by atoms with Gasteiger partial charge in [0, 0.05) is 10.6 Å². The van der Waals surface area contributed by atoms with Gasteiger partial charge < -0.3 is 10.1 Å². The molecule has 0 unspecified atom stereocenters. The zero-order valence-corrected chi connectivity index (χ0v) is 15.4. The van der Waals surface area contributed by atoms with Crippen molar-refractivity contribution < 1.29 is 9.53 Å². The number of anilines is 1. The Morgan fingerprint density at radius 1 is 1.19 bits per heavy atom. The molecule has 0 aliphatic carbocycles. The third kappa shape index (κ3) is 4.24. The monoisotopic (exact) mass is 369 g/mol. The minimum Gasteiger partial charge on any atom is -0.497 e. The van der Waals surface area contributed by atoms with Gasteiger partial charge in [-0.25, -0.2) is 0 Å². The number of hydrogen-bond acceptors (Lipinski definition) is 3. The van der Waals surface area contributed by atoms with Gasteiger partial charge in [-0.1, -0.05) is 29.8 Å². The van der Waals surface area contributed by atoms with E-state index < -0.39 is 0 Å². The molecular weight excluding hydrogens is 350 g/mol. The maximum Gasteiger partial charge on any atom is 0.255 e. The fraction of sp³-hybridized carbons (Fsp3) is 0.200. The summed E-state index contributed by atoms with van der Waals surface area (Å²) in [7, 11) is 1.65. The highest BCUT2D eigenvalue weighted by Crippen LogP contribution is 2.22. The zero-order valence-electron chi connectivity index (χ0n) is 14.7. The summed E-state index contributed by atoms with van der Waals surface area (Å²) in [6.45, 7) is 1.89. The van der Waals surface area contributed by atoms with Crippen molar-refractivity contribution in [1.29, 1.82) is 0 Å². The van der Waals surface area contributed by atoms with Crippen molar-refractivity contribution in [1.82, 2.24) is 10.2 Å². The van der Waals surface area contributed by atoms with Crippen LogP contribution < -0.4 is 10.1 Å². The van der Waals surface area contributed by atoms with E-state index in [1.54, 1.807) is 31.4 Å². The number of carbonyl (C=O) groups excluding carboxylic acids is 1. The number of methoxy groups -OCH3 is 1. The molecule has 2 N–H and O–H groups in total. The second-order valence-corrected chi connectivity index (χ2v) is 6.42. The van der Waals surface area contributed by atoms with Gasteiger partial charge in [0.05, 0.1) is 24.2 Å². The minimum absolute atomic E-state index is 0.206. The third-order valence-corrected chi connectivity index (χ3v) is 4.39. The third-order valence-electron chi connectivity index (χ3n) is 4.16. The van der Waals surface area contributed by atoms with Crippen LogP contribution >= 0.6 is 11.6 Å². The fourth-order valence-electron chi connectivity index (χ4n) is 2.70. The maximum absolute atomic E-state index is 12.5. The minimum atomic E-state index is -0.206. The average Bonchev–Trinajstić information content (AvgIpc) is 3.00. The summed E-state index contributed by atoms with van der Waals surface area (Å²) >= 11 is 5.97. The van der Waals surface area contributed by atoms with Crippen LogP contribution in [-0.2, 0) is 12.8 Å². The molecule has 6 heteroatoms. The molecule has 3 aromatic rings. The second-order valence-electron chi connectivity index (χ2n) is 5.98. The molecule has 1 aromatic heterocycles. The van der Waals surface area contributed by atoms with Gasteiger partial charge in [-0.15, -0.1) is 0 Å². The van der Waals surface area contributed by atoms with Crippen LogP contribution in [0.5, 0.6) is 5.75 Å². The fourth-order valence-corrected chi connectivity index (χ4v) is 2.89. The van der Waals surface area contributed by atoms with Crippen molar-refractivity contribution in [3.63, 3.8) is 0 Å². The van der Waals surface area contributed by atoms with E-state index in [2.05, 4.69) is 15.5 Å². The molecule has 0 aliphatic heterocycles. The number of H-pyrrole nitrogens is 1. The van der Waals surface area contributed by atoms with Crippen molar-refractivity contribution in [2.45, 2.75) is 19.8 Å². The van der Waals surface area contributed by atoms with Crippen LogP contribution in [-0.4, -0.2) is 23.2 Å². The number of amides is 1. The molecule has 1 amide bonds. The van der Waals surface area contributed by atoms with Gasteiger partial charge >= 0.3 is 0 Å². The highest BCUT2D eigenvalue weighted by molar-refractivity contribution is 6.31. The largest absolute Gasteiger partial charge is 0.497 e. The molecule has 3 rings (SSSR count). The molecule has 0 saturated carbocycles. The average molecular weight is 370 g/mol. The van der Waals surface area contributed by atoms with Gasteiger partial charge in [-0.05, 0) is 55.7 Å². The number of nitrogens with one attached hydrogen (secondary N) is 2. The lowest BCUT2D eigenvalue weighted by Gasteiger charge is -2.08. The van der Waals surface area contributed by atoms with E-state index in [9.17, 15) is 4.79 Å². The number of hydrogen-bond donors (Lipinski definition) is 2. The van der Waals surface area contributed by atoms with Gasteiger partial charge in [0.2, 0.25) is 0 Å². The molecule has 2 aromatic carbocycles. The number of ether oxygens (including phenoxy) is 1. The first-order valence-corrected chi connectivity index (χ1v) is 8.68. The van der Waals surface area contributed by atoms with Crippen LogP contribution in [0.2, 0.25) is 5.02 Å². The van der Waals surface area contributed by atoms with Crippen LogP contribution in [0.15, 0.2) is 48.5 Å². The number of carbonyl (C=O) groups is 1. The van der Waals surface area contributed by atoms with E-state index in [0.717, 1.165) is 29.2 Å². The van der Waals surface area contributed by atoms with Crippen LogP contribution in [0.25, 0.3) is 0 Å². The SMILES string of the molecule is COc1ccc(CCc2n[nH]c(C)c2NC(=O)c2cccc(Cl)c2)cc1. The van der Waals surface area contributed by atoms with Crippen LogP contribution in [0.3, 0.4) is 0 Å². The van der Waals surface area contributed by atoms with Gasteiger partial charge in [-0.3, -0.25) is 9.89 Å². The highest BCUT2D eigenvalue weighted by Gasteiger charge is 2.15. The first-order chi connectivity index (χ1) is 12.6. The Morgan fingerprint density at radius 2 is 1.96 bits per heavy atom. The lowest BCUT2D eigenvalue weighted by Crippen LogP contribution is -2.13. The van der Waals surface area contributed by atoms with Crippen LogP contribution in [0, 0.1) is 6.92 Å². The summed E-state index contributed by atoms with van der Waals surface area (Å²) in [5, 5.41) is 10.8. The van der Waals surface area contributed by atoms with Crippen molar-refractivity contribution in [3.8, 4) is 5.75 Å². The normalized spacial score (nSPS) is 10.6. The number of nitrogens with zero attached hydrogens (tertiary/aromatic N) is 1. The number of aromatic amines is 1. The molecule has 134 valence electrons. The van der Waals surface area contributed by atoms with Gasteiger partial charge in [-0.2, -0.15) is 5.10 Å². The van der Waals surface area contributed by atoms with E-state index in [-0.39, 0.29) is 5.91 Å². The summed E-state index contributed by atoms with van der Waals surface area (Å²) in [5.74, 6) is 0.626. The Kier molecular flexibility index (Phi) is 5.58. The summed E-state index contributed by atoms with van der Waals surface area (Å²) in [5.41, 5.74) is 4.07. The van der Waals surface area contributed by atoms with Crippen molar-refractivity contribution in [2.24, 2.45) is 0 Å². The standard InChI is InChI=1S/C20H20ClN3O2/c1-13-19(22-20(25)15-4-3-5-16(21)12-15)18(24-23-13)11-8-14-6-9-17(26-2)10-7-14/h3-7,9-10,12H,8,11H2,1-2H3,(H,22,25)(H,23,24). The first-order valence-electron chi connectivity index (χ1n) is 8.30. The Bertz CT molecular complexity index is 904. The predicted octanol–water partition coefficient (Wildman–Crippen LogP) is 4.42. The summed E-state index contributed by atoms with van der Waals surface area (Å²) < 4.78 is 5.17. The number of aromatic nitrogens is 2. The van der Waals surface area contributed by atoms with E-state index in [1.807, 2.05) is 31.2 Å². The Balaban J connectivity index is 1.71. The molecule has 0 spiro atoms. The van der Waals surface area contributed by atoms with Crippen LogP contribution in [0.1, 0.15) is 27.3 Å². The van der Waals surface area contributed by atoms with Crippen LogP contribution in [0.4, 0.5) is 5.69 Å². The number of aryl methyl sites for hydroxylation is 3. The maximum atomic E-state index is 12.5. The quantitative estimate of drug-likeness (QED) is 0.676. The molecule has 0 radical (unpaired) electrons. The molecule has 0 atom stereocenters. The highest BCUT2D eigenvalue weighted by atomic mass is 35.5. The number of rotatable bonds is 6. The van der Waals surface area contributed by atoms with Gasteiger partial charge in [0.25, 0.3) is 5.91 Å². The van der Waals surface area contributed by atoms with Gasteiger partial charge in [0.1, 0.15) is 5.75 Å². The van der Waals surface area contributed by atoms with E-state index in [0.29, 0.717) is 17.0 Å². The van der Waals surface area contributed by atoms with Crippen molar-refractivity contribution in [3.05, 3.63) is 76.1 Å². The summed E-state index contributed by atoms with van der Waals surface area (Å²) in [4.78, 5) is 12.5. The molecule has 0 aliphatic rings. The molecule has 0 fully saturated rings. The first kappa shape index (κ1) is 18.0. The number of halogens is 1. The number of benzene rings is 2. The zero-order chi connectivity index (χ0) is 18.5. The Labute approximate surface area is 157 Å². The summed E-state index contributed by atoms with van der Waals surface area (Å²) in [6.07, 6.45) is 1.52. The molecule has 5 nitrogen and oxygen atoms in total. The van der Waals surface area contributed by atoms with Crippen molar-refractivity contribution >= 4 is 23.2 Å². The lowest BCUT2D eigenvalue weighted by molar-refractivity contribution is 0.102. The summed E-state index contributed by atoms with van der Waals surface area (Å²) in [6, 6.07) is 14.8. The lowest BCUT2D eigenvalue weighted by atomic mass is 10.1. The molecule has 0 bridgehead atoms. The van der Waals surface area contributed by atoms with E-state index >= 15 is 0 Å². The van der Waals surface area contributed by atoms with Crippen molar-refractivity contribution in [2.75, 3.05) is 12.4 Å². The molecule has 0 saturated heterocycles. The Morgan fingerprint density at radius 3 is 2.65 bits per heavy atom. The van der Waals surface area contributed by atoms with E-state index in [4.69, 9.17) is 16.3 Å².